The third kappa shape index (κ3) is 2.15. The zero-order chi connectivity index (χ0) is 12.5. The predicted molar refractivity (Wildman–Crippen MR) is 71.8 cm³/mol. The zero-order valence-electron chi connectivity index (χ0n) is 10.9. The number of hydrogen-bond donors (Lipinski definition) is 1. The van der Waals surface area contributed by atoms with E-state index >= 15 is 0 Å². The quantitative estimate of drug-likeness (QED) is 0.814. The molecule has 1 amide bonds. The highest BCUT2D eigenvalue weighted by atomic mass is 16.2. The average Bonchev–Trinajstić information content (AvgIpc) is 2.85. The first-order valence-corrected chi connectivity index (χ1v) is 6.88. The monoisotopic (exact) mass is 244 g/mol. The molecule has 18 heavy (non-hydrogen) atoms. The molecule has 1 N–H and O–H groups in total. The summed E-state index contributed by atoms with van der Waals surface area (Å²) in [5.41, 5.74) is 3.68. The molecule has 1 saturated heterocycles. The van der Waals surface area contributed by atoms with E-state index in [0.29, 0.717) is 6.04 Å². The van der Waals surface area contributed by atoms with Gasteiger partial charge in [-0.3, -0.25) is 4.79 Å². The first-order valence-electron chi connectivity index (χ1n) is 6.88. The van der Waals surface area contributed by atoms with E-state index in [1.807, 2.05) is 11.0 Å². The van der Waals surface area contributed by atoms with Crippen LogP contribution in [0.15, 0.2) is 18.2 Å². The van der Waals surface area contributed by atoms with E-state index in [-0.39, 0.29) is 5.91 Å². The molecule has 2 aliphatic rings. The smallest absolute Gasteiger partial charge is 0.253 e. The summed E-state index contributed by atoms with van der Waals surface area (Å²) >= 11 is 0. The van der Waals surface area contributed by atoms with Gasteiger partial charge in [0.05, 0.1) is 0 Å². The van der Waals surface area contributed by atoms with Gasteiger partial charge in [-0.15, -0.1) is 0 Å². The molecule has 0 unspecified atom stereocenters. The van der Waals surface area contributed by atoms with Crippen LogP contribution in [0.25, 0.3) is 0 Å². The van der Waals surface area contributed by atoms with Gasteiger partial charge in [0, 0.05) is 31.2 Å². The SMILES string of the molecule is C[C@@H]1CN(C(=O)c2ccc3c(c2)CCC3)CCN1. The molecular weight excluding hydrogens is 224 g/mol. The van der Waals surface area contributed by atoms with Crippen molar-refractivity contribution in [2.45, 2.75) is 32.2 Å². The Labute approximate surface area is 108 Å². The summed E-state index contributed by atoms with van der Waals surface area (Å²) in [5, 5.41) is 3.37. The van der Waals surface area contributed by atoms with Crippen molar-refractivity contribution in [1.82, 2.24) is 10.2 Å². The Kier molecular flexibility index (Phi) is 3.08. The number of piperazine rings is 1. The number of amides is 1. The lowest BCUT2D eigenvalue weighted by atomic mass is 10.0. The van der Waals surface area contributed by atoms with Gasteiger partial charge in [0.1, 0.15) is 0 Å². The normalized spacial score (nSPS) is 22.9. The number of hydrogen-bond acceptors (Lipinski definition) is 2. The van der Waals surface area contributed by atoms with Crippen molar-refractivity contribution in [3.63, 3.8) is 0 Å². The number of nitrogens with zero attached hydrogens (tertiary/aromatic N) is 1. The third-order valence-electron chi connectivity index (χ3n) is 4.00. The van der Waals surface area contributed by atoms with Gasteiger partial charge < -0.3 is 10.2 Å². The molecule has 0 aromatic heterocycles. The van der Waals surface area contributed by atoms with Crippen molar-refractivity contribution in [3.05, 3.63) is 34.9 Å². The van der Waals surface area contributed by atoms with Crippen LogP contribution in [0.1, 0.15) is 34.8 Å². The second kappa shape index (κ2) is 4.73. The summed E-state index contributed by atoms with van der Waals surface area (Å²) in [6.45, 7) is 4.66. The molecule has 0 saturated carbocycles. The minimum atomic E-state index is 0.193. The Morgan fingerprint density at radius 2 is 2.17 bits per heavy atom. The molecule has 1 aromatic carbocycles. The molecule has 3 heteroatoms. The number of rotatable bonds is 1. The third-order valence-corrected chi connectivity index (χ3v) is 4.00. The minimum absolute atomic E-state index is 0.193. The van der Waals surface area contributed by atoms with E-state index in [2.05, 4.69) is 24.4 Å². The van der Waals surface area contributed by atoms with Crippen molar-refractivity contribution in [3.8, 4) is 0 Å². The van der Waals surface area contributed by atoms with Gasteiger partial charge in [-0.1, -0.05) is 6.07 Å². The molecule has 0 bridgehead atoms. The zero-order valence-corrected chi connectivity index (χ0v) is 10.9. The molecule has 1 aromatic rings. The second-order valence-electron chi connectivity index (χ2n) is 5.44. The van der Waals surface area contributed by atoms with Crippen LogP contribution < -0.4 is 5.32 Å². The molecule has 1 heterocycles. The maximum atomic E-state index is 12.4. The molecular formula is C15H20N2O. The van der Waals surface area contributed by atoms with Gasteiger partial charge >= 0.3 is 0 Å². The molecule has 1 atom stereocenters. The van der Waals surface area contributed by atoms with Crippen LogP contribution in [0, 0.1) is 0 Å². The predicted octanol–water partition coefficient (Wildman–Crippen LogP) is 1.61. The molecule has 0 spiro atoms. The van der Waals surface area contributed by atoms with Crippen molar-refractivity contribution in [1.29, 1.82) is 0 Å². The molecule has 3 rings (SSSR count). The number of benzene rings is 1. The van der Waals surface area contributed by atoms with Crippen LogP contribution >= 0.6 is 0 Å². The van der Waals surface area contributed by atoms with E-state index in [9.17, 15) is 4.79 Å². The van der Waals surface area contributed by atoms with E-state index in [0.717, 1.165) is 31.6 Å². The number of carbonyl (C=O) groups excluding carboxylic acids is 1. The summed E-state index contributed by atoms with van der Waals surface area (Å²) in [6, 6.07) is 6.65. The lowest BCUT2D eigenvalue weighted by Gasteiger charge is -2.32. The first kappa shape index (κ1) is 11.7. The Morgan fingerprint density at radius 3 is 3.00 bits per heavy atom. The highest BCUT2D eigenvalue weighted by Gasteiger charge is 2.22. The standard InChI is InChI=1S/C15H20N2O/c1-11-10-17(8-7-16-11)15(18)14-6-5-12-3-2-4-13(12)9-14/h5-6,9,11,16H,2-4,7-8,10H2,1H3/t11-/m1/s1. The Morgan fingerprint density at radius 1 is 1.33 bits per heavy atom. The fraction of sp³-hybridized carbons (Fsp3) is 0.533. The highest BCUT2D eigenvalue weighted by molar-refractivity contribution is 5.94. The molecule has 3 nitrogen and oxygen atoms in total. The summed E-state index contributed by atoms with van der Waals surface area (Å²) in [6.07, 6.45) is 3.54. The maximum absolute atomic E-state index is 12.4. The van der Waals surface area contributed by atoms with E-state index < -0.39 is 0 Å². The second-order valence-corrected chi connectivity index (χ2v) is 5.44. The van der Waals surface area contributed by atoms with Crippen LogP contribution in [0.3, 0.4) is 0 Å². The van der Waals surface area contributed by atoms with Gasteiger partial charge in [-0.05, 0) is 49.4 Å². The van der Waals surface area contributed by atoms with Crippen molar-refractivity contribution in [2.24, 2.45) is 0 Å². The van der Waals surface area contributed by atoms with Gasteiger partial charge in [-0.25, -0.2) is 0 Å². The summed E-state index contributed by atoms with van der Waals surface area (Å²) in [7, 11) is 0. The maximum Gasteiger partial charge on any atom is 0.253 e. The Hall–Kier alpha value is -1.35. The van der Waals surface area contributed by atoms with Gasteiger partial charge in [0.2, 0.25) is 0 Å². The van der Waals surface area contributed by atoms with E-state index in [4.69, 9.17) is 0 Å². The van der Waals surface area contributed by atoms with Crippen molar-refractivity contribution in [2.75, 3.05) is 19.6 Å². The van der Waals surface area contributed by atoms with Crippen LogP contribution in [0.4, 0.5) is 0 Å². The Balaban J connectivity index is 1.79. The van der Waals surface area contributed by atoms with Crippen LogP contribution in [0.2, 0.25) is 0 Å². The number of aryl methyl sites for hydroxylation is 2. The number of carbonyl (C=O) groups is 1. The molecule has 1 fully saturated rings. The average molecular weight is 244 g/mol. The number of fused-ring (bicyclic) bond motifs is 1. The van der Waals surface area contributed by atoms with Gasteiger partial charge in [0.15, 0.2) is 0 Å². The molecule has 1 aliphatic heterocycles. The van der Waals surface area contributed by atoms with E-state index in [1.165, 1.54) is 24.0 Å². The summed E-state index contributed by atoms with van der Waals surface area (Å²) < 4.78 is 0. The fourth-order valence-corrected chi connectivity index (χ4v) is 3.00. The topological polar surface area (TPSA) is 32.3 Å². The van der Waals surface area contributed by atoms with Crippen LogP contribution in [0.5, 0.6) is 0 Å². The Bertz CT molecular complexity index is 470. The lowest BCUT2D eigenvalue weighted by molar-refractivity contribution is 0.0709. The fourth-order valence-electron chi connectivity index (χ4n) is 3.00. The molecule has 0 radical (unpaired) electrons. The first-order chi connectivity index (χ1) is 8.74. The van der Waals surface area contributed by atoms with Crippen LogP contribution in [-0.4, -0.2) is 36.5 Å². The largest absolute Gasteiger partial charge is 0.336 e. The van der Waals surface area contributed by atoms with Gasteiger partial charge in [-0.2, -0.15) is 0 Å². The summed E-state index contributed by atoms with van der Waals surface area (Å²) in [4.78, 5) is 14.4. The molecule has 1 aliphatic carbocycles. The number of nitrogens with one attached hydrogen (secondary N) is 1. The summed E-state index contributed by atoms with van der Waals surface area (Å²) in [5.74, 6) is 0.193. The lowest BCUT2D eigenvalue weighted by Crippen LogP contribution is -2.51. The van der Waals surface area contributed by atoms with Crippen LogP contribution in [-0.2, 0) is 12.8 Å². The molecule has 96 valence electrons. The van der Waals surface area contributed by atoms with E-state index in [1.54, 1.807) is 0 Å². The minimum Gasteiger partial charge on any atom is -0.336 e. The highest BCUT2D eigenvalue weighted by Crippen LogP contribution is 2.23. The van der Waals surface area contributed by atoms with Gasteiger partial charge in [0.25, 0.3) is 5.91 Å². The van der Waals surface area contributed by atoms with Crippen molar-refractivity contribution >= 4 is 5.91 Å². The van der Waals surface area contributed by atoms with Crippen molar-refractivity contribution < 1.29 is 4.79 Å².